The van der Waals surface area contributed by atoms with Crippen molar-refractivity contribution in [2.24, 2.45) is 5.92 Å². The monoisotopic (exact) mass is 548 g/mol. The van der Waals surface area contributed by atoms with E-state index in [1.54, 1.807) is 5.20 Å². The van der Waals surface area contributed by atoms with E-state index in [4.69, 9.17) is 0 Å². The first-order valence-corrected chi connectivity index (χ1v) is 10.6. The van der Waals surface area contributed by atoms with Gasteiger partial charge in [-0.3, -0.25) is 0 Å². The third-order valence-corrected chi connectivity index (χ3v) is 7.80. The largest absolute Gasteiger partial charge is 4.00 e. The summed E-state index contributed by atoms with van der Waals surface area (Å²) in [7, 11) is 0.761. The number of fused-ring (bicyclic) bond motifs is 5. The molecule has 0 spiro atoms. The first-order chi connectivity index (χ1) is 13.4. The molecule has 3 aromatic rings. The van der Waals surface area contributed by atoms with Gasteiger partial charge in [-0.15, -0.1) is 0 Å². The molecule has 0 fully saturated rings. The second-order valence-corrected chi connectivity index (χ2v) is 8.79. The standard InChI is InChI=1S/C26H18Si.2CH3.2ClH.Zr/c1-5-13-21-17(9-1)18-10-2-6-14-22(18)25(21)27-26-23-15-7-3-11-19(23)20-12-4-8-16-24(20)26;;;;;/h1-16,21,26H;2*1H3;2*1H;/q;2*-1;;;+4/p-2. The van der Waals surface area contributed by atoms with Crippen molar-refractivity contribution in [3.8, 4) is 11.1 Å². The molecule has 1 unspecified atom stereocenters. The van der Waals surface area contributed by atoms with Crippen molar-refractivity contribution in [3.63, 3.8) is 0 Å². The SMILES string of the molecule is C1=CC2=c3ccccc3=C([Si]C3c4ccccc4-c4ccccc43)C2C=C1.[CH3-].[CH3-].[Cl-].[Cl-].[Zr+4]. The van der Waals surface area contributed by atoms with Crippen LogP contribution in [-0.4, -0.2) is 9.52 Å². The summed E-state index contributed by atoms with van der Waals surface area (Å²) in [6, 6.07) is 26.9. The second kappa shape index (κ2) is 11.6. The summed E-state index contributed by atoms with van der Waals surface area (Å²) in [5.41, 5.74) is 7.76. The van der Waals surface area contributed by atoms with E-state index in [0.29, 0.717) is 11.5 Å². The Morgan fingerprint density at radius 1 is 0.625 bits per heavy atom. The summed E-state index contributed by atoms with van der Waals surface area (Å²) in [6.45, 7) is 0. The Kier molecular flexibility index (Phi) is 10.4. The van der Waals surface area contributed by atoms with Gasteiger partial charge in [0, 0.05) is 11.5 Å². The molecular weight excluding hydrogens is 527 g/mol. The van der Waals surface area contributed by atoms with E-state index in [2.05, 4.69) is 97.1 Å². The van der Waals surface area contributed by atoms with Crippen LogP contribution in [-0.2, 0) is 26.2 Å². The number of hydrogen-bond donors (Lipinski definition) is 0. The molecule has 32 heavy (non-hydrogen) atoms. The number of benzene rings is 3. The Morgan fingerprint density at radius 3 is 1.78 bits per heavy atom. The van der Waals surface area contributed by atoms with Crippen molar-refractivity contribution >= 4 is 20.3 Å². The molecule has 2 radical (unpaired) electrons. The molecule has 0 saturated heterocycles. The molecule has 0 bridgehead atoms. The molecule has 3 aromatic carbocycles. The fourth-order valence-corrected chi connectivity index (χ4v) is 6.75. The molecule has 3 aliphatic carbocycles. The zero-order valence-electron chi connectivity index (χ0n) is 18.1. The van der Waals surface area contributed by atoms with Crippen LogP contribution in [0, 0.1) is 20.8 Å². The van der Waals surface area contributed by atoms with Gasteiger partial charge in [0.2, 0.25) is 0 Å². The van der Waals surface area contributed by atoms with Gasteiger partial charge in [-0.25, -0.2) is 0 Å². The number of allylic oxidation sites excluding steroid dienone is 4. The third-order valence-electron chi connectivity index (χ3n) is 6.00. The third kappa shape index (κ3) is 4.36. The molecule has 4 heteroatoms. The van der Waals surface area contributed by atoms with Crippen LogP contribution < -0.4 is 35.3 Å². The molecule has 0 nitrogen and oxygen atoms in total. The van der Waals surface area contributed by atoms with Crippen molar-refractivity contribution in [2.75, 3.05) is 0 Å². The number of rotatable bonds is 2. The van der Waals surface area contributed by atoms with Gasteiger partial charge >= 0.3 is 26.2 Å². The van der Waals surface area contributed by atoms with Gasteiger partial charge < -0.3 is 39.7 Å². The van der Waals surface area contributed by atoms with Gasteiger partial charge in [0.15, 0.2) is 0 Å². The minimum absolute atomic E-state index is 0. The van der Waals surface area contributed by atoms with E-state index < -0.39 is 0 Å². The summed E-state index contributed by atoms with van der Waals surface area (Å²) in [5, 5.41) is 4.47. The predicted molar refractivity (Wildman–Crippen MR) is 127 cm³/mol. The van der Waals surface area contributed by atoms with Gasteiger partial charge in [0.1, 0.15) is 0 Å². The van der Waals surface area contributed by atoms with Crippen molar-refractivity contribution in [1.29, 1.82) is 0 Å². The molecular formula is C28H24Cl2SiZr. The minimum atomic E-state index is 0. The van der Waals surface area contributed by atoms with E-state index in [0.717, 1.165) is 9.52 Å². The van der Waals surface area contributed by atoms with Crippen LogP contribution in [0.15, 0.2) is 97.1 Å². The quantitative estimate of drug-likeness (QED) is 0.286. The van der Waals surface area contributed by atoms with Crippen LogP contribution in [0.4, 0.5) is 0 Å². The molecule has 3 aliphatic rings. The van der Waals surface area contributed by atoms with Gasteiger partial charge in [-0.1, -0.05) is 102 Å². The molecule has 0 aliphatic heterocycles. The summed E-state index contributed by atoms with van der Waals surface area (Å²) in [5.74, 6) is 0.436. The van der Waals surface area contributed by atoms with Crippen LogP contribution in [0.5, 0.6) is 0 Å². The van der Waals surface area contributed by atoms with Crippen molar-refractivity contribution in [3.05, 3.63) is 134 Å². The molecule has 6 rings (SSSR count). The average molecular weight is 551 g/mol. The van der Waals surface area contributed by atoms with Crippen LogP contribution in [0.2, 0.25) is 0 Å². The van der Waals surface area contributed by atoms with E-state index in [1.165, 1.54) is 38.3 Å². The van der Waals surface area contributed by atoms with Gasteiger partial charge in [0.05, 0.1) is 9.52 Å². The minimum Gasteiger partial charge on any atom is -1.00 e. The normalized spacial score (nSPS) is 16.1. The predicted octanol–water partition coefficient (Wildman–Crippen LogP) is -0.918. The zero-order chi connectivity index (χ0) is 17.8. The Bertz CT molecular complexity index is 1230. The second-order valence-electron chi connectivity index (χ2n) is 7.39. The van der Waals surface area contributed by atoms with Crippen molar-refractivity contribution < 1.29 is 51.0 Å². The van der Waals surface area contributed by atoms with E-state index in [-0.39, 0.29) is 65.9 Å². The van der Waals surface area contributed by atoms with Gasteiger partial charge in [0.25, 0.3) is 0 Å². The van der Waals surface area contributed by atoms with Crippen molar-refractivity contribution in [1.82, 2.24) is 0 Å². The Labute approximate surface area is 226 Å². The molecule has 0 aromatic heterocycles. The van der Waals surface area contributed by atoms with Crippen LogP contribution >= 0.6 is 0 Å². The van der Waals surface area contributed by atoms with Crippen molar-refractivity contribution in [2.45, 2.75) is 5.54 Å². The average Bonchev–Trinajstić information content (AvgIpc) is 3.23. The first-order valence-electron chi connectivity index (χ1n) is 9.55. The topological polar surface area (TPSA) is 0 Å². The van der Waals surface area contributed by atoms with E-state index >= 15 is 0 Å². The van der Waals surface area contributed by atoms with Crippen LogP contribution in [0.25, 0.3) is 21.9 Å². The van der Waals surface area contributed by atoms with Crippen LogP contribution in [0.1, 0.15) is 16.7 Å². The fraction of sp³-hybridized carbons (Fsp3) is 0.0714. The maximum Gasteiger partial charge on any atom is 4.00 e. The van der Waals surface area contributed by atoms with Gasteiger partial charge in [-0.05, 0) is 38.3 Å². The smallest absolute Gasteiger partial charge is 1.00 e. The molecule has 0 N–H and O–H groups in total. The van der Waals surface area contributed by atoms with E-state index in [1.807, 2.05) is 0 Å². The fourth-order valence-electron chi connectivity index (χ4n) is 4.82. The Balaban J connectivity index is 0.00000102. The molecule has 0 amide bonds. The molecule has 0 saturated carbocycles. The molecule has 1 atom stereocenters. The summed E-state index contributed by atoms with van der Waals surface area (Å²) >= 11 is 0. The van der Waals surface area contributed by atoms with E-state index in [9.17, 15) is 0 Å². The first kappa shape index (κ1) is 28.6. The summed E-state index contributed by atoms with van der Waals surface area (Å²) in [6.07, 6.45) is 9.07. The maximum absolute atomic E-state index is 2.38. The van der Waals surface area contributed by atoms with Gasteiger partial charge in [-0.2, -0.15) is 0 Å². The molecule has 158 valence electrons. The number of hydrogen-bond acceptors (Lipinski definition) is 0. The Hall–Kier alpha value is -1.44. The molecule has 0 heterocycles. The maximum atomic E-state index is 2.38. The van der Waals surface area contributed by atoms with Crippen LogP contribution in [0.3, 0.4) is 0 Å². The summed E-state index contributed by atoms with van der Waals surface area (Å²) < 4.78 is 0. The zero-order valence-corrected chi connectivity index (χ0v) is 23.1. The number of halogens is 2. The Morgan fingerprint density at radius 2 is 1.16 bits per heavy atom. The summed E-state index contributed by atoms with van der Waals surface area (Å²) in [4.78, 5) is 0.